The van der Waals surface area contributed by atoms with Crippen LogP contribution in [-0.4, -0.2) is 16.2 Å². The number of rotatable bonds is 1. The van der Waals surface area contributed by atoms with Crippen LogP contribution in [-0.2, 0) is 0 Å². The summed E-state index contributed by atoms with van der Waals surface area (Å²) >= 11 is 0. The number of hydrogen-bond acceptors (Lipinski definition) is 4. The molecule has 5 heteroatoms. The Kier molecular flexibility index (Phi) is 1.83. The van der Waals surface area contributed by atoms with Crippen molar-refractivity contribution in [2.24, 2.45) is 0 Å². The lowest BCUT2D eigenvalue weighted by molar-refractivity contribution is 0.0660. The van der Waals surface area contributed by atoms with Gasteiger partial charge in [0.2, 0.25) is 0 Å². The fraction of sp³-hybridized carbons (Fsp3) is 0. The summed E-state index contributed by atoms with van der Waals surface area (Å²) in [6.07, 6.45) is 0. The minimum absolute atomic E-state index is 0.228. The SMILES string of the molecule is N#Cc1ccc2oc(C(=O)O)c(O)c2c1. The standard InChI is InChI=1S/C10H5NO4/c11-4-5-1-2-7-6(3-5)8(12)9(15-7)10(13)14/h1-3,12H,(H,13,14). The Hall–Kier alpha value is -2.48. The molecule has 1 aromatic heterocycles. The predicted molar refractivity (Wildman–Crippen MR) is 49.6 cm³/mol. The number of fused-ring (bicyclic) bond motifs is 1. The molecule has 0 aliphatic rings. The van der Waals surface area contributed by atoms with Crippen molar-refractivity contribution >= 4 is 16.9 Å². The Labute approximate surface area is 83.8 Å². The normalized spacial score (nSPS) is 10.1. The summed E-state index contributed by atoms with van der Waals surface area (Å²) in [6.45, 7) is 0. The van der Waals surface area contributed by atoms with Crippen LogP contribution < -0.4 is 0 Å². The van der Waals surface area contributed by atoms with Crippen LogP contribution in [0.2, 0.25) is 0 Å². The van der Waals surface area contributed by atoms with Gasteiger partial charge in [-0.15, -0.1) is 0 Å². The second-order valence-electron chi connectivity index (χ2n) is 2.91. The van der Waals surface area contributed by atoms with Gasteiger partial charge in [0.1, 0.15) is 5.58 Å². The summed E-state index contributed by atoms with van der Waals surface area (Å²) in [5.41, 5.74) is 0.569. The van der Waals surface area contributed by atoms with Crippen molar-refractivity contribution in [3.63, 3.8) is 0 Å². The van der Waals surface area contributed by atoms with Crippen LogP contribution in [0.5, 0.6) is 5.75 Å². The average molecular weight is 203 g/mol. The first-order chi connectivity index (χ1) is 7.13. The molecule has 2 N–H and O–H groups in total. The molecule has 0 spiro atoms. The van der Waals surface area contributed by atoms with E-state index in [0.29, 0.717) is 5.56 Å². The molecule has 0 aliphatic heterocycles. The molecule has 74 valence electrons. The molecule has 5 nitrogen and oxygen atoms in total. The summed E-state index contributed by atoms with van der Waals surface area (Å²) in [4.78, 5) is 10.6. The van der Waals surface area contributed by atoms with Gasteiger partial charge in [-0.05, 0) is 18.2 Å². The van der Waals surface area contributed by atoms with E-state index in [-0.39, 0.29) is 11.0 Å². The molecule has 0 atom stereocenters. The van der Waals surface area contributed by atoms with E-state index >= 15 is 0 Å². The van der Waals surface area contributed by atoms with Gasteiger partial charge in [-0.2, -0.15) is 5.26 Å². The number of carbonyl (C=O) groups is 1. The molecule has 2 rings (SSSR count). The highest BCUT2D eigenvalue weighted by Gasteiger charge is 2.19. The van der Waals surface area contributed by atoms with Gasteiger partial charge in [0, 0.05) is 0 Å². The fourth-order valence-electron chi connectivity index (χ4n) is 1.30. The molecule has 15 heavy (non-hydrogen) atoms. The van der Waals surface area contributed by atoms with Crippen LogP contribution in [0.4, 0.5) is 0 Å². The maximum atomic E-state index is 10.6. The van der Waals surface area contributed by atoms with Crippen LogP contribution in [0.3, 0.4) is 0 Å². The van der Waals surface area contributed by atoms with Gasteiger partial charge in [0.25, 0.3) is 5.76 Å². The summed E-state index contributed by atoms with van der Waals surface area (Å²) in [7, 11) is 0. The summed E-state index contributed by atoms with van der Waals surface area (Å²) in [6, 6.07) is 6.19. The molecule has 2 aromatic rings. The molecule has 0 saturated heterocycles. The molecule has 0 aliphatic carbocycles. The minimum Gasteiger partial charge on any atom is -0.504 e. The highest BCUT2D eigenvalue weighted by Crippen LogP contribution is 2.32. The third-order valence-corrected chi connectivity index (χ3v) is 1.99. The van der Waals surface area contributed by atoms with Crippen molar-refractivity contribution in [1.82, 2.24) is 0 Å². The number of furan rings is 1. The Morgan fingerprint density at radius 3 is 2.80 bits per heavy atom. The number of hydrogen-bond donors (Lipinski definition) is 2. The van der Waals surface area contributed by atoms with Crippen LogP contribution in [0.25, 0.3) is 11.0 Å². The van der Waals surface area contributed by atoms with Gasteiger partial charge in [0.05, 0.1) is 17.0 Å². The number of carboxylic acids is 1. The maximum absolute atomic E-state index is 10.6. The highest BCUT2D eigenvalue weighted by atomic mass is 16.4. The summed E-state index contributed by atoms with van der Waals surface area (Å²) < 4.78 is 4.90. The van der Waals surface area contributed by atoms with Gasteiger partial charge in [-0.1, -0.05) is 0 Å². The van der Waals surface area contributed by atoms with E-state index in [4.69, 9.17) is 14.8 Å². The molecule has 0 radical (unpaired) electrons. The summed E-state index contributed by atoms with van der Waals surface area (Å²) in [5, 5.41) is 27.0. The molecule has 1 aromatic carbocycles. The maximum Gasteiger partial charge on any atom is 0.375 e. The van der Waals surface area contributed by atoms with Crippen LogP contribution >= 0.6 is 0 Å². The number of aromatic carboxylic acids is 1. The van der Waals surface area contributed by atoms with E-state index in [0.717, 1.165) is 0 Å². The second-order valence-corrected chi connectivity index (χ2v) is 2.91. The zero-order valence-electron chi connectivity index (χ0n) is 7.39. The molecule has 1 heterocycles. The van der Waals surface area contributed by atoms with Gasteiger partial charge in [-0.3, -0.25) is 0 Å². The van der Waals surface area contributed by atoms with Crippen LogP contribution in [0.1, 0.15) is 16.1 Å². The number of nitriles is 1. The zero-order valence-corrected chi connectivity index (χ0v) is 7.39. The van der Waals surface area contributed by atoms with Crippen molar-refractivity contribution < 1.29 is 19.4 Å². The number of benzene rings is 1. The van der Waals surface area contributed by atoms with Crippen molar-refractivity contribution in [2.75, 3.05) is 0 Å². The van der Waals surface area contributed by atoms with Crippen molar-refractivity contribution in [2.45, 2.75) is 0 Å². The third-order valence-electron chi connectivity index (χ3n) is 1.99. The van der Waals surface area contributed by atoms with E-state index < -0.39 is 17.5 Å². The molecule has 0 saturated carbocycles. The predicted octanol–water partition coefficient (Wildman–Crippen LogP) is 1.71. The number of carboxylic acid groups (broad SMARTS) is 1. The molecule has 0 unspecified atom stereocenters. The van der Waals surface area contributed by atoms with E-state index in [1.165, 1.54) is 18.2 Å². The lowest BCUT2D eigenvalue weighted by atomic mass is 10.1. The lowest BCUT2D eigenvalue weighted by Crippen LogP contribution is -1.92. The molecule has 0 fully saturated rings. The van der Waals surface area contributed by atoms with Gasteiger partial charge >= 0.3 is 5.97 Å². The fourth-order valence-corrected chi connectivity index (χ4v) is 1.30. The van der Waals surface area contributed by atoms with Crippen molar-refractivity contribution in [3.8, 4) is 11.8 Å². The quantitative estimate of drug-likeness (QED) is 0.735. The zero-order chi connectivity index (χ0) is 11.0. The average Bonchev–Trinajstić information content (AvgIpc) is 2.56. The third kappa shape index (κ3) is 1.28. The minimum atomic E-state index is -1.35. The largest absolute Gasteiger partial charge is 0.504 e. The van der Waals surface area contributed by atoms with E-state index in [1.54, 1.807) is 0 Å². The van der Waals surface area contributed by atoms with E-state index in [9.17, 15) is 9.90 Å². The van der Waals surface area contributed by atoms with Crippen molar-refractivity contribution in [3.05, 3.63) is 29.5 Å². The molecule has 0 amide bonds. The number of nitrogens with zero attached hydrogens (tertiary/aromatic N) is 1. The molecular weight excluding hydrogens is 198 g/mol. The van der Waals surface area contributed by atoms with Gasteiger partial charge in [-0.25, -0.2) is 4.79 Å². The highest BCUT2D eigenvalue weighted by molar-refractivity contribution is 5.97. The Balaban J connectivity index is 2.79. The van der Waals surface area contributed by atoms with E-state index in [2.05, 4.69) is 0 Å². The van der Waals surface area contributed by atoms with Crippen LogP contribution in [0.15, 0.2) is 22.6 Å². The topological polar surface area (TPSA) is 94.5 Å². The monoisotopic (exact) mass is 203 g/mol. The van der Waals surface area contributed by atoms with Gasteiger partial charge < -0.3 is 14.6 Å². The molecule has 0 bridgehead atoms. The van der Waals surface area contributed by atoms with Gasteiger partial charge in [0.15, 0.2) is 5.75 Å². The Bertz CT molecular complexity index is 591. The smallest absolute Gasteiger partial charge is 0.375 e. The first-order valence-electron chi connectivity index (χ1n) is 4.02. The second kappa shape index (κ2) is 3.03. The first-order valence-corrected chi connectivity index (χ1v) is 4.02. The summed E-state index contributed by atoms with van der Waals surface area (Å²) in [5.74, 6) is -2.31. The first kappa shape index (κ1) is 9.09. The van der Waals surface area contributed by atoms with Crippen molar-refractivity contribution in [1.29, 1.82) is 5.26 Å². The molecular formula is C10H5NO4. The Morgan fingerprint density at radius 1 is 1.47 bits per heavy atom. The Morgan fingerprint density at radius 2 is 2.20 bits per heavy atom. The van der Waals surface area contributed by atoms with E-state index in [1.807, 2.05) is 6.07 Å². The lowest BCUT2D eigenvalue weighted by Gasteiger charge is -1.89. The van der Waals surface area contributed by atoms with Crippen LogP contribution in [0, 0.1) is 11.3 Å². The number of aromatic hydroxyl groups is 1.